The predicted molar refractivity (Wildman–Crippen MR) is 53.2 cm³/mol. The lowest BCUT2D eigenvalue weighted by Gasteiger charge is -2.12. The van der Waals surface area contributed by atoms with E-state index in [0.29, 0.717) is 6.61 Å². The summed E-state index contributed by atoms with van der Waals surface area (Å²) in [4.78, 5) is 0. The van der Waals surface area contributed by atoms with Crippen molar-refractivity contribution >= 4 is 0 Å². The minimum absolute atomic E-state index is 0.445. The lowest BCUT2D eigenvalue weighted by molar-refractivity contribution is 0.349. The fourth-order valence-corrected chi connectivity index (χ4v) is 1.33. The van der Waals surface area contributed by atoms with Crippen molar-refractivity contribution in [2.75, 3.05) is 13.7 Å². The molecule has 0 spiro atoms. The number of rotatable bonds is 4. The molecule has 0 aliphatic carbocycles. The van der Waals surface area contributed by atoms with E-state index in [4.69, 9.17) is 9.47 Å². The summed E-state index contributed by atoms with van der Waals surface area (Å²) in [6.07, 6.45) is 0.902. The standard InChI is InChI=1S/C11H15O2/c1-4-9-10(12-3)7-6-8-11(9)13-5-2/h6-8H,2,4-5H2,1,3H3. The van der Waals surface area contributed by atoms with Gasteiger partial charge in [-0.1, -0.05) is 13.0 Å². The second kappa shape index (κ2) is 4.75. The molecule has 0 heterocycles. The van der Waals surface area contributed by atoms with E-state index < -0.39 is 0 Å². The first kappa shape index (κ1) is 9.90. The Bertz CT molecular complexity index is 269. The molecule has 71 valence electrons. The van der Waals surface area contributed by atoms with E-state index in [1.165, 1.54) is 0 Å². The van der Waals surface area contributed by atoms with Crippen molar-refractivity contribution in [1.29, 1.82) is 0 Å². The van der Waals surface area contributed by atoms with Crippen LogP contribution in [0.15, 0.2) is 18.2 Å². The average Bonchev–Trinajstić information content (AvgIpc) is 2.18. The maximum atomic E-state index is 5.38. The average molecular weight is 179 g/mol. The van der Waals surface area contributed by atoms with Gasteiger partial charge < -0.3 is 9.47 Å². The lowest BCUT2D eigenvalue weighted by atomic mass is 10.1. The molecule has 0 aliphatic heterocycles. The van der Waals surface area contributed by atoms with Gasteiger partial charge in [-0.3, -0.25) is 0 Å². The summed E-state index contributed by atoms with van der Waals surface area (Å²) >= 11 is 0. The quantitative estimate of drug-likeness (QED) is 0.707. The van der Waals surface area contributed by atoms with Crippen LogP contribution in [0.4, 0.5) is 0 Å². The molecule has 1 rings (SSSR count). The Morgan fingerprint density at radius 1 is 1.31 bits per heavy atom. The molecule has 2 nitrogen and oxygen atoms in total. The van der Waals surface area contributed by atoms with Crippen molar-refractivity contribution in [2.24, 2.45) is 0 Å². The van der Waals surface area contributed by atoms with Crippen molar-refractivity contribution in [3.05, 3.63) is 30.7 Å². The zero-order valence-corrected chi connectivity index (χ0v) is 8.17. The molecule has 0 aromatic heterocycles. The first-order chi connectivity index (χ1) is 6.33. The van der Waals surface area contributed by atoms with Crippen molar-refractivity contribution in [3.8, 4) is 11.5 Å². The van der Waals surface area contributed by atoms with Crippen LogP contribution in [0.3, 0.4) is 0 Å². The normalized spacial score (nSPS) is 9.77. The van der Waals surface area contributed by atoms with E-state index in [2.05, 4.69) is 13.8 Å². The van der Waals surface area contributed by atoms with E-state index in [-0.39, 0.29) is 0 Å². The third-order valence-electron chi connectivity index (χ3n) is 1.92. The Morgan fingerprint density at radius 2 is 2.00 bits per heavy atom. The molecule has 2 heteroatoms. The van der Waals surface area contributed by atoms with Gasteiger partial charge in [-0.25, -0.2) is 0 Å². The van der Waals surface area contributed by atoms with Gasteiger partial charge in [-0.05, 0) is 25.5 Å². The number of benzene rings is 1. The van der Waals surface area contributed by atoms with E-state index >= 15 is 0 Å². The SMILES string of the molecule is [CH2]COc1cccc(OC)c1CC. The largest absolute Gasteiger partial charge is 0.496 e. The van der Waals surface area contributed by atoms with Crippen molar-refractivity contribution in [1.82, 2.24) is 0 Å². The van der Waals surface area contributed by atoms with Crippen LogP contribution in [-0.4, -0.2) is 13.7 Å². The smallest absolute Gasteiger partial charge is 0.126 e. The fraction of sp³-hybridized carbons (Fsp3) is 0.364. The monoisotopic (exact) mass is 179 g/mol. The number of methoxy groups -OCH3 is 1. The summed E-state index contributed by atoms with van der Waals surface area (Å²) in [5.74, 6) is 1.75. The highest BCUT2D eigenvalue weighted by atomic mass is 16.5. The minimum Gasteiger partial charge on any atom is -0.496 e. The van der Waals surface area contributed by atoms with Crippen molar-refractivity contribution in [3.63, 3.8) is 0 Å². The highest BCUT2D eigenvalue weighted by Gasteiger charge is 2.06. The maximum absolute atomic E-state index is 5.38. The zero-order valence-electron chi connectivity index (χ0n) is 8.17. The first-order valence-electron chi connectivity index (χ1n) is 4.41. The van der Waals surface area contributed by atoms with Crippen molar-refractivity contribution < 1.29 is 9.47 Å². The molecular formula is C11H15O2. The van der Waals surface area contributed by atoms with Crippen LogP contribution in [0, 0.1) is 6.92 Å². The molecule has 13 heavy (non-hydrogen) atoms. The molecule has 0 N–H and O–H groups in total. The van der Waals surface area contributed by atoms with E-state index in [1.807, 2.05) is 18.2 Å². The molecule has 0 atom stereocenters. The van der Waals surface area contributed by atoms with Crippen LogP contribution < -0.4 is 9.47 Å². The molecule has 1 radical (unpaired) electrons. The Kier molecular flexibility index (Phi) is 3.62. The molecule has 0 saturated heterocycles. The van der Waals surface area contributed by atoms with Gasteiger partial charge in [0.05, 0.1) is 13.7 Å². The molecular weight excluding hydrogens is 164 g/mol. The second-order valence-corrected chi connectivity index (χ2v) is 2.64. The van der Waals surface area contributed by atoms with Crippen LogP contribution in [0.2, 0.25) is 0 Å². The molecule has 0 unspecified atom stereocenters. The molecule has 0 aliphatic rings. The highest BCUT2D eigenvalue weighted by molar-refractivity contribution is 5.44. The van der Waals surface area contributed by atoms with E-state index in [1.54, 1.807) is 7.11 Å². The summed E-state index contributed by atoms with van der Waals surface area (Å²) in [7, 11) is 1.67. The molecule has 1 aromatic rings. The number of hydrogen-bond acceptors (Lipinski definition) is 2. The summed E-state index contributed by atoms with van der Waals surface area (Å²) in [5, 5.41) is 0. The molecule has 1 aromatic carbocycles. The van der Waals surface area contributed by atoms with Crippen molar-refractivity contribution in [2.45, 2.75) is 13.3 Å². The summed E-state index contributed by atoms with van der Waals surface area (Å²) in [6.45, 7) is 6.17. The fourth-order valence-electron chi connectivity index (χ4n) is 1.33. The Balaban J connectivity index is 3.03. The maximum Gasteiger partial charge on any atom is 0.126 e. The van der Waals surface area contributed by atoms with Gasteiger partial charge in [0.1, 0.15) is 11.5 Å². The van der Waals surface area contributed by atoms with Gasteiger partial charge in [0, 0.05) is 5.56 Å². The van der Waals surface area contributed by atoms with Crippen LogP contribution >= 0.6 is 0 Å². The summed E-state index contributed by atoms with van der Waals surface area (Å²) < 4.78 is 10.6. The van der Waals surface area contributed by atoms with E-state index in [0.717, 1.165) is 23.5 Å². The Morgan fingerprint density at radius 3 is 2.54 bits per heavy atom. The predicted octanol–water partition coefficient (Wildman–Crippen LogP) is 2.47. The summed E-state index contributed by atoms with van der Waals surface area (Å²) in [6, 6.07) is 5.80. The number of ether oxygens (including phenoxy) is 2. The molecule has 0 bridgehead atoms. The minimum atomic E-state index is 0.445. The van der Waals surface area contributed by atoms with Gasteiger partial charge in [0.25, 0.3) is 0 Å². The molecule has 0 amide bonds. The van der Waals surface area contributed by atoms with Crippen LogP contribution in [-0.2, 0) is 6.42 Å². The van der Waals surface area contributed by atoms with Crippen LogP contribution in [0.5, 0.6) is 11.5 Å². The van der Waals surface area contributed by atoms with Gasteiger partial charge in [-0.15, -0.1) is 0 Å². The Hall–Kier alpha value is -1.18. The lowest BCUT2D eigenvalue weighted by Crippen LogP contribution is -1.98. The van der Waals surface area contributed by atoms with Crippen LogP contribution in [0.1, 0.15) is 12.5 Å². The Labute approximate surface area is 79.5 Å². The van der Waals surface area contributed by atoms with Gasteiger partial charge in [0.2, 0.25) is 0 Å². The zero-order chi connectivity index (χ0) is 9.68. The summed E-state index contributed by atoms with van der Waals surface area (Å²) in [5.41, 5.74) is 1.11. The first-order valence-corrected chi connectivity index (χ1v) is 4.41. The van der Waals surface area contributed by atoms with E-state index in [9.17, 15) is 0 Å². The van der Waals surface area contributed by atoms with Gasteiger partial charge in [0.15, 0.2) is 0 Å². The topological polar surface area (TPSA) is 18.5 Å². The molecule has 0 saturated carbocycles. The third kappa shape index (κ3) is 2.14. The van der Waals surface area contributed by atoms with Gasteiger partial charge >= 0.3 is 0 Å². The van der Waals surface area contributed by atoms with Crippen LogP contribution in [0.25, 0.3) is 0 Å². The van der Waals surface area contributed by atoms with Gasteiger partial charge in [-0.2, -0.15) is 0 Å². The molecule has 0 fully saturated rings. The highest BCUT2D eigenvalue weighted by Crippen LogP contribution is 2.28. The third-order valence-corrected chi connectivity index (χ3v) is 1.92. The second-order valence-electron chi connectivity index (χ2n) is 2.64. The number of hydrogen-bond donors (Lipinski definition) is 0.